The Bertz CT molecular complexity index is 995. The molecule has 5 nitrogen and oxygen atoms in total. The number of rotatable bonds is 4. The molecule has 0 radical (unpaired) electrons. The number of carbonyl (C=O) groups excluding carboxylic acids is 1. The van der Waals surface area contributed by atoms with Crippen molar-refractivity contribution in [1.82, 2.24) is 10.2 Å². The lowest BCUT2D eigenvalue weighted by atomic mass is 10.1. The summed E-state index contributed by atoms with van der Waals surface area (Å²) in [6, 6.07) is 9.92. The SMILES string of the molecule is O=C(CS(=O)Cc1ccc2oc3ccc(F)cc3c2c1)N1CCNCC1. The molecule has 7 heteroatoms. The third-order valence-corrected chi connectivity index (χ3v) is 5.80. The third-order valence-electron chi connectivity index (χ3n) is 4.58. The van der Waals surface area contributed by atoms with Crippen LogP contribution >= 0.6 is 0 Å². The standard InChI is InChI=1S/C19H19FN2O3S/c20-14-2-4-18-16(10-14)15-9-13(1-3-17(15)25-18)11-26(24)12-19(23)22-7-5-21-6-8-22/h1-4,9-10,21H,5-8,11-12H2. The quantitative estimate of drug-likeness (QED) is 0.762. The average molecular weight is 374 g/mol. The molecule has 0 aliphatic carbocycles. The van der Waals surface area contributed by atoms with Crippen molar-refractivity contribution < 1.29 is 17.8 Å². The fraction of sp³-hybridized carbons (Fsp3) is 0.316. The minimum Gasteiger partial charge on any atom is -0.456 e. The first-order valence-electron chi connectivity index (χ1n) is 8.54. The van der Waals surface area contributed by atoms with Crippen molar-refractivity contribution >= 4 is 38.6 Å². The Morgan fingerprint density at radius 3 is 2.58 bits per heavy atom. The first-order valence-corrected chi connectivity index (χ1v) is 10.0. The summed E-state index contributed by atoms with van der Waals surface area (Å²) in [7, 11) is -1.29. The summed E-state index contributed by atoms with van der Waals surface area (Å²) in [6.07, 6.45) is 0. The van der Waals surface area contributed by atoms with Crippen LogP contribution in [0.3, 0.4) is 0 Å². The highest BCUT2D eigenvalue weighted by molar-refractivity contribution is 7.84. The van der Waals surface area contributed by atoms with E-state index < -0.39 is 10.8 Å². The van der Waals surface area contributed by atoms with E-state index in [1.54, 1.807) is 17.0 Å². The van der Waals surface area contributed by atoms with E-state index in [1.165, 1.54) is 12.1 Å². The van der Waals surface area contributed by atoms with Crippen LogP contribution in [0.5, 0.6) is 0 Å². The van der Waals surface area contributed by atoms with Gasteiger partial charge in [0.25, 0.3) is 0 Å². The Balaban J connectivity index is 1.51. The van der Waals surface area contributed by atoms with E-state index in [-0.39, 0.29) is 23.2 Å². The Morgan fingerprint density at radius 2 is 1.81 bits per heavy atom. The highest BCUT2D eigenvalue weighted by Gasteiger charge is 2.19. The summed E-state index contributed by atoms with van der Waals surface area (Å²) in [6.45, 7) is 2.88. The maximum atomic E-state index is 13.5. The Morgan fingerprint density at radius 1 is 1.12 bits per heavy atom. The number of amides is 1. The zero-order valence-corrected chi connectivity index (χ0v) is 15.0. The van der Waals surface area contributed by atoms with Crippen molar-refractivity contribution in [2.24, 2.45) is 0 Å². The molecule has 4 rings (SSSR count). The number of nitrogens with one attached hydrogen (secondary N) is 1. The van der Waals surface area contributed by atoms with Gasteiger partial charge in [0.2, 0.25) is 5.91 Å². The van der Waals surface area contributed by atoms with Gasteiger partial charge >= 0.3 is 0 Å². The molecule has 1 N–H and O–H groups in total. The number of benzene rings is 2. The molecule has 0 saturated carbocycles. The van der Waals surface area contributed by atoms with Crippen LogP contribution in [-0.2, 0) is 21.3 Å². The van der Waals surface area contributed by atoms with Crippen LogP contribution in [0.1, 0.15) is 5.56 Å². The van der Waals surface area contributed by atoms with Gasteiger partial charge in [0.15, 0.2) is 0 Å². The van der Waals surface area contributed by atoms with Crippen LogP contribution in [0.25, 0.3) is 21.9 Å². The number of carbonyl (C=O) groups is 1. The average Bonchev–Trinajstić information content (AvgIpc) is 2.99. The maximum Gasteiger partial charge on any atom is 0.235 e. The normalized spacial score (nSPS) is 16.3. The number of piperazine rings is 1. The highest BCUT2D eigenvalue weighted by Crippen LogP contribution is 2.30. The topological polar surface area (TPSA) is 62.6 Å². The van der Waals surface area contributed by atoms with Gasteiger partial charge in [-0.1, -0.05) is 6.07 Å². The van der Waals surface area contributed by atoms with Gasteiger partial charge in [-0.05, 0) is 35.9 Å². The molecule has 1 aliphatic rings. The number of hydrogen-bond donors (Lipinski definition) is 1. The van der Waals surface area contributed by atoms with Crippen LogP contribution in [0.15, 0.2) is 40.8 Å². The summed E-state index contributed by atoms with van der Waals surface area (Å²) in [5.74, 6) is -0.0771. The van der Waals surface area contributed by atoms with Gasteiger partial charge in [0.1, 0.15) is 22.7 Å². The highest BCUT2D eigenvalue weighted by atomic mass is 32.2. The molecule has 26 heavy (non-hydrogen) atoms. The smallest absolute Gasteiger partial charge is 0.235 e. The van der Waals surface area contributed by atoms with Crippen LogP contribution in [0.2, 0.25) is 0 Å². The van der Waals surface area contributed by atoms with E-state index in [9.17, 15) is 13.4 Å². The van der Waals surface area contributed by atoms with Crippen molar-refractivity contribution in [3.8, 4) is 0 Å². The van der Waals surface area contributed by atoms with Crippen LogP contribution in [0, 0.1) is 5.82 Å². The molecule has 1 aliphatic heterocycles. The molecule has 2 aromatic carbocycles. The molecular formula is C19H19FN2O3S. The molecule has 3 aromatic rings. The Labute approximate surface area is 152 Å². The minimum absolute atomic E-state index is 0.0266. The number of halogens is 1. The van der Waals surface area contributed by atoms with E-state index in [0.717, 1.165) is 24.0 Å². The molecule has 1 amide bonds. The molecule has 0 bridgehead atoms. The Kier molecular flexibility index (Phi) is 4.74. The van der Waals surface area contributed by atoms with Gasteiger partial charge in [0, 0.05) is 53.5 Å². The fourth-order valence-corrected chi connectivity index (χ4v) is 4.38. The van der Waals surface area contributed by atoms with Gasteiger partial charge in [-0.15, -0.1) is 0 Å². The van der Waals surface area contributed by atoms with Crippen molar-refractivity contribution in [1.29, 1.82) is 0 Å². The van der Waals surface area contributed by atoms with E-state index >= 15 is 0 Å². The van der Waals surface area contributed by atoms with E-state index in [2.05, 4.69) is 5.32 Å². The predicted octanol–water partition coefficient (Wildman–Crippen LogP) is 2.41. The van der Waals surface area contributed by atoms with E-state index in [0.29, 0.717) is 29.6 Å². The number of nitrogens with zero attached hydrogens (tertiary/aromatic N) is 1. The van der Waals surface area contributed by atoms with Crippen LogP contribution < -0.4 is 5.32 Å². The van der Waals surface area contributed by atoms with E-state index in [4.69, 9.17) is 4.42 Å². The van der Waals surface area contributed by atoms with E-state index in [1.807, 2.05) is 12.1 Å². The predicted molar refractivity (Wildman–Crippen MR) is 99.8 cm³/mol. The maximum absolute atomic E-state index is 13.5. The summed E-state index contributed by atoms with van der Waals surface area (Å²) < 4.78 is 31.7. The summed E-state index contributed by atoms with van der Waals surface area (Å²) in [5, 5.41) is 4.68. The zero-order valence-electron chi connectivity index (χ0n) is 14.2. The monoisotopic (exact) mass is 374 g/mol. The number of furan rings is 1. The Hall–Kier alpha value is -2.25. The molecule has 1 atom stereocenters. The van der Waals surface area contributed by atoms with Crippen molar-refractivity contribution in [3.63, 3.8) is 0 Å². The van der Waals surface area contributed by atoms with Gasteiger partial charge in [-0.25, -0.2) is 4.39 Å². The second kappa shape index (κ2) is 7.17. The molecular weight excluding hydrogens is 355 g/mol. The second-order valence-corrected chi connectivity index (χ2v) is 7.89. The van der Waals surface area contributed by atoms with Crippen molar-refractivity contribution in [2.75, 3.05) is 31.9 Å². The number of fused-ring (bicyclic) bond motifs is 3. The van der Waals surface area contributed by atoms with Crippen molar-refractivity contribution in [2.45, 2.75) is 5.75 Å². The molecule has 1 fully saturated rings. The van der Waals surface area contributed by atoms with Crippen LogP contribution in [0.4, 0.5) is 4.39 Å². The molecule has 2 heterocycles. The zero-order chi connectivity index (χ0) is 18.1. The lowest BCUT2D eigenvalue weighted by molar-refractivity contribution is -0.128. The molecule has 1 saturated heterocycles. The molecule has 0 spiro atoms. The summed E-state index contributed by atoms with van der Waals surface area (Å²) >= 11 is 0. The van der Waals surface area contributed by atoms with Gasteiger partial charge < -0.3 is 14.6 Å². The first-order chi connectivity index (χ1) is 12.6. The molecule has 1 unspecified atom stereocenters. The van der Waals surface area contributed by atoms with Gasteiger partial charge in [0.05, 0.1) is 0 Å². The van der Waals surface area contributed by atoms with Gasteiger partial charge in [-0.2, -0.15) is 0 Å². The van der Waals surface area contributed by atoms with Gasteiger partial charge in [-0.3, -0.25) is 9.00 Å². The minimum atomic E-state index is -1.29. The second-order valence-electron chi connectivity index (χ2n) is 6.43. The third kappa shape index (κ3) is 3.50. The molecule has 136 valence electrons. The summed E-state index contributed by atoms with van der Waals surface area (Å²) in [4.78, 5) is 14.0. The summed E-state index contributed by atoms with van der Waals surface area (Å²) in [5.41, 5.74) is 2.13. The lowest BCUT2D eigenvalue weighted by Gasteiger charge is -2.27. The first kappa shape index (κ1) is 17.2. The fourth-order valence-electron chi connectivity index (χ4n) is 3.27. The lowest BCUT2D eigenvalue weighted by Crippen LogP contribution is -2.47. The molecule has 1 aromatic heterocycles. The largest absolute Gasteiger partial charge is 0.456 e. The number of hydrogen-bond acceptors (Lipinski definition) is 4. The van der Waals surface area contributed by atoms with Crippen molar-refractivity contribution in [3.05, 3.63) is 47.8 Å². The van der Waals surface area contributed by atoms with Crippen LogP contribution in [-0.4, -0.2) is 46.9 Å².